The van der Waals surface area contributed by atoms with Crippen LogP contribution in [0.5, 0.6) is 0 Å². The quantitative estimate of drug-likeness (QED) is 0.663. The van der Waals surface area contributed by atoms with Crippen LogP contribution in [-0.2, 0) is 0 Å². The lowest BCUT2D eigenvalue weighted by Crippen LogP contribution is -2.30. The summed E-state index contributed by atoms with van der Waals surface area (Å²) in [6.07, 6.45) is 2.01. The summed E-state index contributed by atoms with van der Waals surface area (Å²) in [7, 11) is 0. The van der Waals surface area contributed by atoms with Gasteiger partial charge in [0.25, 0.3) is 5.91 Å². The third-order valence-electron chi connectivity index (χ3n) is 4.67. The van der Waals surface area contributed by atoms with Gasteiger partial charge in [-0.2, -0.15) is 15.4 Å². The molecule has 2 aromatic heterocycles. The number of aryl methyl sites for hydroxylation is 1. The molecular weight excluding hydrogens is 334 g/mol. The molecule has 0 radical (unpaired) electrons. The van der Waals surface area contributed by atoms with E-state index in [1.807, 2.05) is 0 Å². The lowest BCUT2D eigenvalue weighted by molar-refractivity contribution is 0.102. The van der Waals surface area contributed by atoms with E-state index in [4.69, 9.17) is 4.42 Å². The number of anilines is 1. The van der Waals surface area contributed by atoms with Gasteiger partial charge in [-0.3, -0.25) is 4.79 Å². The number of aromatic amines is 1. The lowest BCUT2D eigenvalue weighted by Gasteiger charge is -2.22. The molecule has 1 amide bonds. The number of carbonyl (C=O) groups is 1. The highest BCUT2D eigenvalue weighted by Gasteiger charge is 2.22. The zero-order valence-electron chi connectivity index (χ0n) is 14.3. The highest BCUT2D eigenvalue weighted by Crippen LogP contribution is 2.24. The van der Waals surface area contributed by atoms with Gasteiger partial charge in [-0.05, 0) is 56.1 Å². The van der Waals surface area contributed by atoms with E-state index in [-0.39, 0.29) is 11.5 Å². The van der Waals surface area contributed by atoms with Gasteiger partial charge < -0.3 is 15.1 Å². The minimum atomic E-state index is -0.606. The summed E-state index contributed by atoms with van der Waals surface area (Å²) in [5.41, 5.74) is 1.90. The Balaban J connectivity index is 1.59. The first-order valence-electron chi connectivity index (χ1n) is 8.59. The number of benzene rings is 1. The van der Waals surface area contributed by atoms with Gasteiger partial charge in [0, 0.05) is 18.2 Å². The molecule has 0 bridgehead atoms. The molecule has 8 nitrogen and oxygen atoms in total. The van der Waals surface area contributed by atoms with Gasteiger partial charge in [-0.15, -0.1) is 0 Å². The number of nitrogens with one attached hydrogen (secondary N) is 3. The van der Waals surface area contributed by atoms with Gasteiger partial charge in [0.15, 0.2) is 0 Å². The van der Waals surface area contributed by atoms with Crippen LogP contribution in [0.4, 0.5) is 5.69 Å². The molecule has 3 heterocycles. The number of aromatic nitrogens is 3. The fourth-order valence-corrected chi connectivity index (χ4v) is 3.31. The summed E-state index contributed by atoms with van der Waals surface area (Å²) < 4.78 is 5.46. The van der Waals surface area contributed by atoms with Crippen LogP contribution in [-0.4, -0.2) is 34.4 Å². The summed E-state index contributed by atoms with van der Waals surface area (Å²) in [5.74, 6) is 0.314. The zero-order valence-corrected chi connectivity index (χ0v) is 14.3. The Morgan fingerprint density at radius 1 is 1.27 bits per heavy atom. The van der Waals surface area contributed by atoms with Crippen molar-refractivity contribution < 1.29 is 9.21 Å². The van der Waals surface area contributed by atoms with Crippen molar-refractivity contribution in [2.24, 2.45) is 0 Å². The molecule has 8 heteroatoms. The zero-order chi connectivity index (χ0) is 18.1. The molecule has 1 aromatic carbocycles. The Kier molecular flexibility index (Phi) is 4.26. The maximum atomic E-state index is 12.6. The van der Waals surface area contributed by atoms with Crippen molar-refractivity contribution in [2.45, 2.75) is 25.7 Å². The maximum absolute atomic E-state index is 12.6. The maximum Gasteiger partial charge on any atom is 0.349 e. The normalized spacial score (nSPS) is 17.3. The number of H-pyrrole nitrogens is 1. The van der Waals surface area contributed by atoms with Crippen LogP contribution in [0.25, 0.3) is 11.0 Å². The molecule has 134 valence electrons. The molecular formula is C18H19N5O3. The second-order valence-corrected chi connectivity index (χ2v) is 6.52. The van der Waals surface area contributed by atoms with E-state index >= 15 is 0 Å². The Labute approximate surface area is 149 Å². The monoisotopic (exact) mass is 353 g/mol. The molecule has 0 saturated carbocycles. The van der Waals surface area contributed by atoms with E-state index in [2.05, 4.69) is 26.0 Å². The predicted molar refractivity (Wildman–Crippen MR) is 96.4 cm³/mol. The van der Waals surface area contributed by atoms with E-state index in [1.54, 1.807) is 31.2 Å². The van der Waals surface area contributed by atoms with Gasteiger partial charge in [0.2, 0.25) is 0 Å². The molecule has 1 atom stereocenters. The first-order valence-corrected chi connectivity index (χ1v) is 8.59. The molecule has 1 saturated heterocycles. The summed E-state index contributed by atoms with van der Waals surface area (Å²) in [5, 5.41) is 16.5. The molecule has 1 aliphatic heterocycles. The van der Waals surface area contributed by atoms with Crippen LogP contribution in [0.3, 0.4) is 0 Å². The minimum absolute atomic E-state index is 0.0257. The van der Waals surface area contributed by atoms with Crippen molar-refractivity contribution in [2.75, 3.05) is 18.4 Å². The van der Waals surface area contributed by atoms with Crippen molar-refractivity contribution in [3.05, 3.63) is 51.6 Å². The molecule has 0 spiro atoms. The molecule has 1 unspecified atom stereocenters. The molecule has 3 aromatic rings. The number of amides is 1. The van der Waals surface area contributed by atoms with Crippen LogP contribution in [0.2, 0.25) is 0 Å². The van der Waals surface area contributed by atoms with E-state index in [0.29, 0.717) is 28.0 Å². The Hall–Kier alpha value is -3.00. The van der Waals surface area contributed by atoms with Gasteiger partial charge in [-0.1, -0.05) is 0 Å². The predicted octanol–water partition coefficient (Wildman–Crippen LogP) is 1.94. The summed E-state index contributed by atoms with van der Waals surface area (Å²) >= 11 is 0. The van der Waals surface area contributed by atoms with E-state index < -0.39 is 11.5 Å². The Morgan fingerprint density at radius 2 is 2.12 bits per heavy atom. The van der Waals surface area contributed by atoms with E-state index in [1.165, 1.54) is 0 Å². The van der Waals surface area contributed by atoms with Crippen molar-refractivity contribution in [3.8, 4) is 0 Å². The number of carbonyl (C=O) groups excluding carboxylic acids is 1. The van der Waals surface area contributed by atoms with Crippen LogP contribution in [0.15, 0.2) is 33.5 Å². The number of nitrogens with zero attached hydrogens (tertiary/aromatic N) is 2. The Morgan fingerprint density at radius 3 is 2.88 bits per heavy atom. The highest BCUT2D eigenvalue weighted by atomic mass is 16.4. The van der Waals surface area contributed by atoms with E-state index in [9.17, 15) is 9.59 Å². The first kappa shape index (κ1) is 16.5. The largest absolute Gasteiger partial charge is 0.427 e. The van der Waals surface area contributed by atoms with Crippen molar-refractivity contribution in [1.29, 1.82) is 0 Å². The molecule has 4 rings (SSSR count). The SMILES string of the molecule is Cc1cc(C2CCCNC2)oc(=O)c1C(=O)Nc1ccc2n[nH]nc2c1. The molecule has 26 heavy (non-hydrogen) atoms. The topological polar surface area (TPSA) is 113 Å². The first-order chi connectivity index (χ1) is 12.6. The Bertz CT molecular complexity index is 1020. The van der Waals surface area contributed by atoms with Crippen LogP contribution in [0, 0.1) is 6.92 Å². The van der Waals surface area contributed by atoms with Gasteiger partial charge in [0.1, 0.15) is 22.4 Å². The molecule has 0 aliphatic carbocycles. The van der Waals surface area contributed by atoms with Crippen LogP contribution in [0.1, 0.15) is 40.4 Å². The number of hydrogen-bond donors (Lipinski definition) is 3. The van der Waals surface area contributed by atoms with Gasteiger partial charge >= 0.3 is 5.63 Å². The van der Waals surface area contributed by atoms with Crippen molar-refractivity contribution >= 4 is 22.6 Å². The third-order valence-corrected chi connectivity index (χ3v) is 4.67. The number of hydrogen-bond acceptors (Lipinski definition) is 6. The van der Waals surface area contributed by atoms with Crippen molar-refractivity contribution in [1.82, 2.24) is 20.7 Å². The lowest BCUT2D eigenvalue weighted by atomic mass is 9.95. The van der Waals surface area contributed by atoms with Gasteiger partial charge in [0.05, 0.1) is 0 Å². The van der Waals surface area contributed by atoms with Crippen LogP contribution >= 0.6 is 0 Å². The average Bonchev–Trinajstić information content (AvgIpc) is 3.09. The number of rotatable bonds is 3. The second kappa shape index (κ2) is 6.72. The number of fused-ring (bicyclic) bond motifs is 1. The van der Waals surface area contributed by atoms with E-state index in [0.717, 1.165) is 25.9 Å². The fraction of sp³-hybridized carbons (Fsp3) is 0.333. The fourth-order valence-electron chi connectivity index (χ4n) is 3.31. The van der Waals surface area contributed by atoms with Crippen molar-refractivity contribution in [3.63, 3.8) is 0 Å². The average molecular weight is 353 g/mol. The summed E-state index contributed by atoms with van der Waals surface area (Å²) in [4.78, 5) is 25.0. The second-order valence-electron chi connectivity index (χ2n) is 6.52. The highest BCUT2D eigenvalue weighted by molar-refractivity contribution is 6.05. The molecule has 1 aliphatic rings. The van der Waals surface area contributed by atoms with Crippen LogP contribution < -0.4 is 16.3 Å². The summed E-state index contributed by atoms with van der Waals surface area (Å²) in [6, 6.07) is 6.94. The summed E-state index contributed by atoms with van der Waals surface area (Å²) in [6.45, 7) is 3.52. The number of piperidine rings is 1. The standard InChI is InChI=1S/C18H19N5O3/c1-10-7-15(11-3-2-6-19-9-11)26-18(25)16(10)17(24)20-12-4-5-13-14(8-12)22-23-21-13/h4-5,7-8,11,19H,2-3,6,9H2,1H3,(H,20,24)(H,21,22,23). The molecule has 3 N–H and O–H groups in total. The smallest absolute Gasteiger partial charge is 0.349 e. The third kappa shape index (κ3) is 3.11. The molecule has 1 fully saturated rings. The van der Waals surface area contributed by atoms with Gasteiger partial charge in [-0.25, -0.2) is 4.79 Å². The minimum Gasteiger partial charge on any atom is -0.427 e.